The Morgan fingerprint density at radius 3 is 2.78 bits per heavy atom. The molecule has 136 valence electrons. The van der Waals surface area contributed by atoms with Crippen LogP contribution in [0.4, 0.5) is 5.69 Å². The highest BCUT2D eigenvalue weighted by molar-refractivity contribution is 7.09. The first-order valence-corrected chi connectivity index (χ1v) is 9.34. The molecular weight excluding hydrogens is 362 g/mol. The van der Waals surface area contributed by atoms with Crippen molar-refractivity contribution in [2.75, 3.05) is 5.32 Å². The van der Waals surface area contributed by atoms with Gasteiger partial charge in [-0.2, -0.15) is 0 Å². The van der Waals surface area contributed by atoms with Gasteiger partial charge < -0.3 is 9.73 Å². The van der Waals surface area contributed by atoms with Gasteiger partial charge >= 0.3 is 5.76 Å². The molecule has 0 unspecified atom stereocenters. The number of aromatic nitrogens is 2. The summed E-state index contributed by atoms with van der Waals surface area (Å²) in [6.45, 7) is 2.31. The molecule has 0 saturated heterocycles. The number of para-hydroxylation sites is 2. The zero-order valence-electron chi connectivity index (χ0n) is 14.6. The summed E-state index contributed by atoms with van der Waals surface area (Å²) in [5.74, 6) is -0.534. The lowest BCUT2D eigenvalue weighted by Gasteiger charge is -2.04. The van der Waals surface area contributed by atoms with E-state index in [2.05, 4.69) is 10.3 Å². The molecular formula is C20H17N3O3S. The molecule has 0 bridgehead atoms. The Labute approximate surface area is 159 Å². The summed E-state index contributed by atoms with van der Waals surface area (Å²) in [5, 5.41) is 5.43. The number of amides is 1. The van der Waals surface area contributed by atoms with E-state index in [9.17, 15) is 9.59 Å². The normalized spacial score (nSPS) is 11.0. The van der Waals surface area contributed by atoms with Crippen LogP contribution in [0.2, 0.25) is 0 Å². The Hall–Kier alpha value is -3.19. The quantitative estimate of drug-likeness (QED) is 0.575. The van der Waals surface area contributed by atoms with E-state index in [4.69, 9.17) is 4.42 Å². The summed E-state index contributed by atoms with van der Waals surface area (Å²) < 4.78 is 6.78. The number of hydrogen-bond acceptors (Lipinski definition) is 5. The fourth-order valence-electron chi connectivity index (χ4n) is 2.81. The van der Waals surface area contributed by atoms with E-state index in [0.29, 0.717) is 17.1 Å². The lowest BCUT2D eigenvalue weighted by molar-refractivity contribution is -0.115. The molecule has 0 aliphatic heterocycles. The molecule has 0 saturated carbocycles. The summed E-state index contributed by atoms with van der Waals surface area (Å²) in [6.07, 6.45) is 0.194. The third kappa shape index (κ3) is 3.83. The van der Waals surface area contributed by atoms with E-state index < -0.39 is 5.76 Å². The summed E-state index contributed by atoms with van der Waals surface area (Å²) in [5.41, 5.74) is 3.91. The zero-order valence-corrected chi connectivity index (χ0v) is 15.5. The lowest BCUT2D eigenvalue weighted by atomic mass is 10.2. The molecule has 0 radical (unpaired) electrons. The fourth-order valence-corrected chi connectivity index (χ4v) is 3.59. The Balaban J connectivity index is 1.45. The zero-order chi connectivity index (χ0) is 18.8. The van der Waals surface area contributed by atoms with Crippen molar-refractivity contribution in [2.45, 2.75) is 19.9 Å². The number of nitrogens with one attached hydrogen (secondary N) is 1. The fraction of sp³-hybridized carbons (Fsp3) is 0.150. The first kappa shape index (κ1) is 17.2. The van der Waals surface area contributed by atoms with E-state index >= 15 is 0 Å². The summed E-state index contributed by atoms with van der Waals surface area (Å²) >= 11 is 1.41. The van der Waals surface area contributed by atoms with Crippen LogP contribution < -0.4 is 11.1 Å². The second kappa shape index (κ2) is 7.20. The van der Waals surface area contributed by atoms with E-state index in [-0.39, 0.29) is 12.3 Å². The van der Waals surface area contributed by atoms with Crippen LogP contribution >= 0.6 is 11.3 Å². The third-order valence-corrected chi connectivity index (χ3v) is 5.04. The van der Waals surface area contributed by atoms with Gasteiger partial charge in [-0.25, -0.2) is 9.78 Å². The van der Waals surface area contributed by atoms with Crippen molar-refractivity contribution in [1.29, 1.82) is 0 Å². The first-order chi connectivity index (χ1) is 13.1. The Kier molecular flexibility index (Phi) is 4.60. The maximum absolute atomic E-state index is 12.2. The molecule has 0 spiro atoms. The number of anilines is 1. The standard InChI is InChI=1S/C20H17N3O3S/c1-13-6-8-14(9-7-13)21-18(24)10-19-22-15(12-27-19)11-23-16-4-2-3-5-17(16)26-20(23)25/h2-9,12H,10-11H2,1H3,(H,21,24). The molecule has 7 heteroatoms. The molecule has 4 aromatic rings. The van der Waals surface area contributed by atoms with Crippen LogP contribution in [0.5, 0.6) is 0 Å². The summed E-state index contributed by atoms with van der Waals surface area (Å²) in [4.78, 5) is 28.8. The van der Waals surface area contributed by atoms with Gasteiger partial charge in [0.15, 0.2) is 5.58 Å². The number of thiazole rings is 1. The third-order valence-electron chi connectivity index (χ3n) is 4.14. The number of aryl methyl sites for hydroxylation is 1. The van der Waals surface area contributed by atoms with Gasteiger partial charge in [-0.15, -0.1) is 11.3 Å². The van der Waals surface area contributed by atoms with Gasteiger partial charge in [0, 0.05) is 11.1 Å². The minimum Gasteiger partial charge on any atom is -0.408 e. The maximum Gasteiger partial charge on any atom is 0.420 e. The molecule has 2 aromatic carbocycles. The molecule has 6 nitrogen and oxygen atoms in total. The van der Waals surface area contributed by atoms with E-state index in [1.807, 2.05) is 54.8 Å². The highest BCUT2D eigenvalue weighted by atomic mass is 32.1. The lowest BCUT2D eigenvalue weighted by Crippen LogP contribution is -2.16. The monoisotopic (exact) mass is 379 g/mol. The average molecular weight is 379 g/mol. The molecule has 4 rings (SSSR count). The minimum atomic E-state index is -0.414. The molecule has 2 aromatic heterocycles. The Morgan fingerprint density at radius 2 is 1.96 bits per heavy atom. The van der Waals surface area contributed by atoms with Gasteiger partial charge in [0.25, 0.3) is 0 Å². The molecule has 27 heavy (non-hydrogen) atoms. The van der Waals surface area contributed by atoms with E-state index in [1.165, 1.54) is 11.3 Å². The van der Waals surface area contributed by atoms with Gasteiger partial charge in [-0.05, 0) is 31.2 Å². The highest BCUT2D eigenvalue weighted by Gasteiger charge is 2.12. The minimum absolute atomic E-state index is 0.120. The van der Waals surface area contributed by atoms with Crippen molar-refractivity contribution < 1.29 is 9.21 Å². The largest absolute Gasteiger partial charge is 0.420 e. The van der Waals surface area contributed by atoms with Gasteiger partial charge in [-0.3, -0.25) is 9.36 Å². The van der Waals surface area contributed by atoms with Crippen LogP contribution in [0.1, 0.15) is 16.3 Å². The average Bonchev–Trinajstić information content (AvgIpc) is 3.21. The molecule has 2 heterocycles. The Bertz CT molecular complexity index is 1160. The number of benzene rings is 2. The number of carbonyl (C=O) groups excluding carboxylic acids is 1. The number of oxazole rings is 1. The Morgan fingerprint density at radius 1 is 1.19 bits per heavy atom. The second-order valence-electron chi connectivity index (χ2n) is 6.25. The summed E-state index contributed by atoms with van der Waals surface area (Å²) in [6, 6.07) is 14.9. The first-order valence-electron chi connectivity index (χ1n) is 8.47. The maximum atomic E-state index is 12.2. The van der Waals surface area contributed by atoms with Crippen LogP contribution in [-0.2, 0) is 17.8 Å². The van der Waals surface area contributed by atoms with Gasteiger partial charge in [0.05, 0.1) is 24.2 Å². The molecule has 0 aliphatic carbocycles. The van der Waals surface area contributed by atoms with Crippen molar-refractivity contribution >= 4 is 34.0 Å². The van der Waals surface area contributed by atoms with Crippen molar-refractivity contribution in [3.05, 3.63) is 80.7 Å². The van der Waals surface area contributed by atoms with Gasteiger partial charge in [0.1, 0.15) is 5.01 Å². The van der Waals surface area contributed by atoms with Crippen LogP contribution in [-0.4, -0.2) is 15.5 Å². The SMILES string of the molecule is Cc1ccc(NC(=O)Cc2nc(Cn3c(=O)oc4ccccc43)cs2)cc1. The van der Waals surface area contributed by atoms with Crippen LogP contribution in [0, 0.1) is 6.92 Å². The topological polar surface area (TPSA) is 77.1 Å². The van der Waals surface area contributed by atoms with Crippen molar-refractivity contribution in [3.8, 4) is 0 Å². The predicted molar refractivity (Wildman–Crippen MR) is 105 cm³/mol. The van der Waals surface area contributed by atoms with Crippen LogP contribution in [0.25, 0.3) is 11.1 Å². The molecule has 0 atom stereocenters. The number of carbonyl (C=O) groups is 1. The predicted octanol–water partition coefficient (Wildman–Crippen LogP) is 3.59. The number of hydrogen-bond donors (Lipinski definition) is 1. The van der Waals surface area contributed by atoms with Gasteiger partial charge in [0.2, 0.25) is 5.91 Å². The number of rotatable bonds is 5. The van der Waals surface area contributed by atoms with Crippen molar-refractivity contribution in [3.63, 3.8) is 0 Å². The molecule has 0 fully saturated rings. The molecule has 0 aliphatic rings. The number of nitrogens with zero attached hydrogens (tertiary/aromatic N) is 2. The summed E-state index contributed by atoms with van der Waals surface area (Å²) in [7, 11) is 0. The second-order valence-corrected chi connectivity index (χ2v) is 7.19. The number of fused-ring (bicyclic) bond motifs is 1. The van der Waals surface area contributed by atoms with Crippen molar-refractivity contribution in [1.82, 2.24) is 9.55 Å². The molecule has 1 N–H and O–H groups in total. The molecule has 1 amide bonds. The van der Waals surface area contributed by atoms with Crippen LogP contribution in [0.15, 0.2) is 63.1 Å². The van der Waals surface area contributed by atoms with Crippen LogP contribution in [0.3, 0.4) is 0 Å². The van der Waals surface area contributed by atoms with E-state index in [0.717, 1.165) is 22.5 Å². The van der Waals surface area contributed by atoms with E-state index in [1.54, 1.807) is 10.6 Å². The smallest absolute Gasteiger partial charge is 0.408 e. The highest BCUT2D eigenvalue weighted by Crippen LogP contribution is 2.16. The van der Waals surface area contributed by atoms with Gasteiger partial charge in [-0.1, -0.05) is 29.8 Å². The van der Waals surface area contributed by atoms with Crippen molar-refractivity contribution in [2.24, 2.45) is 0 Å².